The molecule has 9 rings (SSSR count). The van der Waals surface area contributed by atoms with E-state index in [0.717, 1.165) is 78.3 Å². The van der Waals surface area contributed by atoms with E-state index in [4.69, 9.17) is 14.2 Å². The molecule has 0 aromatic heterocycles. The number of phenolic OH excluding ortho intramolecular Hbond substituents is 1. The molecule has 2 N–H and O–H groups in total. The number of amides is 1. The Morgan fingerprint density at radius 2 is 1.80 bits per heavy atom. The first-order valence-electron chi connectivity index (χ1n) is 16.6. The molecule has 0 radical (unpaired) electrons. The van der Waals surface area contributed by atoms with E-state index < -0.39 is 0 Å². The molecule has 3 aliphatic carbocycles. The lowest BCUT2D eigenvalue weighted by molar-refractivity contribution is -0.00290. The SMILES string of the molecule is O=C(NCCc1ccc(-c2ccc3c(c2)OCO3)cc1)c1ccc2c(c1O)C13CCN(CC4CC4)C(C2)C1CCC1OC1C3. The molecule has 2 bridgehead atoms. The number of fused-ring (bicyclic) bond motifs is 3. The van der Waals surface area contributed by atoms with Crippen LogP contribution in [0.2, 0.25) is 0 Å². The summed E-state index contributed by atoms with van der Waals surface area (Å²) in [4.78, 5) is 16.3. The van der Waals surface area contributed by atoms with Crippen LogP contribution in [-0.2, 0) is 23.0 Å². The molecule has 6 aliphatic rings. The molecule has 0 spiro atoms. The van der Waals surface area contributed by atoms with Gasteiger partial charge in [0.15, 0.2) is 11.5 Å². The number of nitrogens with one attached hydrogen (secondary N) is 1. The van der Waals surface area contributed by atoms with E-state index in [2.05, 4.69) is 40.5 Å². The van der Waals surface area contributed by atoms with E-state index in [-0.39, 0.29) is 23.9 Å². The van der Waals surface area contributed by atoms with E-state index in [1.807, 2.05) is 24.3 Å². The standard InChI is InChI=1S/C37H40N2O5/c40-35-27(36(41)38-15-13-22-3-5-24(6-4-22)25-8-11-30-32(18-25)43-21-42-30)9-7-26-17-29-28-10-12-31-33(44-31)19-37(28,34(26)35)14-16-39(29)20-23-1-2-23/h3-9,11,18,23,28-29,31,33,40H,1-2,10,12-17,19-21H2,(H,38,41). The van der Waals surface area contributed by atoms with Crippen molar-refractivity contribution in [3.63, 3.8) is 0 Å². The highest BCUT2D eigenvalue weighted by Gasteiger charge is 2.60. The fourth-order valence-corrected chi connectivity index (χ4v) is 9.02. The number of epoxide rings is 1. The van der Waals surface area contributed by atoms with Gasteiger partial charge in [-0.25, -0.2) is 0 Å². The summed E-state index contributed by atoms with van der Waals surface area (Å²) in [7, 11) is 0. The number of piperidine rings is 1. The van der Waals surface area contributed by atoms with Crippen LogP contribution in [0.1, 0.15) is 65.6 Å². The van der Waals surface area contributed by atoms with Gasteiger partial charge in [0.2, 0.25) is 6.79 Å². The lowest BCUT2D eigenvalue weighted by atomic mass is 9.55. The molecule has 5 unspecified atom stereocenters. The first-order chi connectivity index (χ1) is 21.6. The minimum Gasteiger partial charge on any atom is -0.507 e. The number of benzene rings is 3. The van der Waals surface area contributed by atoms with Crippen LogP contribution in [0.3, 0.4) is 0 Å². The lowest BCUT2D eigenvalue weighted by Crippen LogP contribution is -2.60. The van der Waals surface area contributed by atoms with Crippen molar-refractivity contribution in [2.75, 3.05) is 26.4 Å². The van der Waals surface area contributed by atoms with Crippen LogP contribution in [0.5, 0.6) is 17.2 Å². The quantitative estimate of drug-likeness (QED) is 0.348. The number of rotatable bonds is 7. The number of phenols is 1. The van der Waals surface area contributed by atoms with Crippen molar-refractivity contribution < 1.29 is 24.1 Å². The second-order valence-electron chi connectivity index (χ2n) is 14.0. The van der Waals surface area contributed by atoms with Gasteiger partial charge >= 0.3 is 0 Å². The smallest absolute Gasteiger partial charge is 0.255 e. The largest absolute Gasteiger partial charge is 0.507 e. The van der Waals surface area contributed by atoms with Crippen LogP contribution in [-0.4, -0.2) is 60.6 Å². The number of hydrogen-bond acceptors (Lipinski definition) is 6. The highest BCUT2D eigenvalue weighted by atomic mass is 16.7. The zero-order chi connectivity index (χ0) is 29.4. The van der Waals surface area contributed by atoms with E-state index >= 15 is 0 Å². The number of likely N-dealkylation sites (tertiary alicyclic amines) is 1. The Hall–Kier alpha value is -3.55. The van der Waals surface area contributed by atoms with Gasteiger partial charge in [0.25, 0.3) is 5.91 Å². The molecule has 3 heterocycles. The summed E-state index contributed by atoms with van der Waals surface area (Å²) in [5, 5.41) is 14.9. The zero-order valence-corrected chi connectivity index (χ0v) is 25.1. The fraction of sp³-hybridized carbons (Fsp3) is 0.486. The predicted molar refractivity (Wildman–Crippen MR) is 166 cm³/mol. The lowest BCUT2D eigenvalue weighted by Gasteiger charge is -2.57. The molecule has 7 heteroatoms. The minimum absolute atomic E-state index is 0.103. The average molecular weight is 593 g/mol. The Balaban J connectivity index is 0.916. The first-order valence-corrected chi connectivity index (χ1v) is 16.6. The molecule has 44 heavy (non-hydrogen) atoms. The maximum absolute atomic E-state index is 13.5. The van der Waals surface area contributed by atoms with Crippen molar-refractivity contribution in [3.05, 3.63) is 76.9 Å². The molecule has 2 saturated carbocycles. The van der Waals surface area contributed by atoms with Gasteiger partial charge < -0.3 is 24.6 Å². The van der Waals surface area contributed by atoms with E-state index in [9.17, 15) is 9.90 Å². The number of aromatic hydroxyl groups is 1. The van der Waals surface area contributed by atoms with Gasteiger partial charge in [0.05, 0.1) is 17.8 Å². The predicted octanol–water partition coefficient (Wildman–Crippen LogP) is 5.61. The van der Waals surface area contributed by atoms with Crippen LogP contribution < -0.4 is 14.8 Å². The van der Waals surface area contributed by atoms with E-state index in [0.29, 0.717) is 42.7 Å². The summed E-state index contributed by atoms with van der Waals surface area (Å²) in [5.41, 5.74) is 5.94. The van der Waals surface area contributed by atoms with Crippen molar-refractivity contribution in [2.24, 2.45) is 11.8 Å². The molecule has 4 fully saturated rings. The van der Waals surface area contributed by atoms with E-state index in [1.165, 1.54) is 24.9 Å². The minimum atomic E-state index is -0.197. The van der Waals surface area contributed by atoms with Crippen LogP contribution >= 0.6 is 0 Å². The topological polar surface area (TPSA) is 83.6 Å². The Morgan fingerprint density at radius 1 is 0.955 bits per heavy atom. The maximum Gasteiger partial charge on any atom is 0.255 e. The third-order valence-electron chi connectivity index (χ3n) is 11.5. The van der Waals surface area contributed by atoms with Crippen molar-refractivity contribution in [2.45, 2.75) is 75.0 Å². The second kappa shape index (κ2) is 10.2. The monoisotopic (exact) mass is 592 g/mol. The summed E-state index contributed by atoms with van der Waals surface area (Å²) < 4.78 is 17.0. The van der Waals surface area contributed by atoms with Gasteiger partial charge in [-0.05, 0) is 110 Å². The van der Waals surface area contributed by atoms with Gasteiger partial charge in [0, 0.05) is 30.1 Å². The number of ether oxygens (including phenoxy) is 3. The van der Waals surface area contributed by atoms with Crippen LogP contribution in [0.4, 0.5) is 0 Å². The molecule has 2 saturated heterocycles. The maximum atomic E-state index is 13.5. The molecule has 3 aromatic rings. The molecular weight excluding hydrogens is 552 g/mol. The highest BCUT2D eigenvalue weighted by Crippen LogP contribution is 2.60. The second-order valence-corrected chi connectivity index (χ2v) is 14.0. The zero-order valence-electron chi connectivity index (χ0n) is 25.1. The van der Waals surface area contributed by atoms with Crippen molar-refractivity contribution in [1.29, 1.82) is 0 Å². The summed E-state index contributed by atoms with van der Waals surface area (Å²) >= 11 is 0. The molecule has 3 aliphatic heterocycles. The normalized spacial score (nSPS) is 29.6. The van der Waals surface area contributed by atoms with Gasteiger partial charge in [-0.2, -0.15) is 0 Å². The Bertz CT molecular complexity index is 1620. The summed E-state index contributed by atoms with van der Waals surface area (Å²) in [6.07, 6.45) is 9.41. The Kier molecular flexibility index (Phi) is 6.24. The van der Waals surface area contributed by atoms with Crippen molar-refractivity contribution in [3.8, 4) is 28.4 Å². The third-order valence-corrected chi connectivity index (χ3v) is 11.5. The van der Waals surface area contributed by atoms with Crippen molar-refractivity contribution >= 4 is 5.91 Å². The molecule has 3 aromatic carbocycles. The fourth-order valence-electron chi connectivity index (χ4n) is 9.02. The highest BCUT2D eigenvalue weighted by molar-refractivity contribution is 5.97. The number of carbonyl (C=O) groups excluding carboxylic acids is 1. The molecule has 228 valence electrons. The third kappa shape index (κ3) is 4.50. The van der Waals surface area contributed by atoms with Gasteiger partial charge in [-0.3, -0.25) is 9.69 Å². The molecule has 7 nitrogen and oxygen atoms in total. The molecule has 1 amide bonds. The number of nitrogens with zero attached hydrogens (tertiary/aromatic N) is 1. The number of carbonyl (C=O) groups is 1. The van der Waals surface area contributed by atoms with Crippen LogP contribution in [0.25, 0.3) is 11.1 Å². The molecule has 5 atom stereocenters. The van der Waals surface area contributed by atoms with Gasteiger partial charge in [-0.15, -0.1) is 0 Å². The average Bonchev–Trinajstić information content (AvgIpc) is 3.94. The summed E-state index contributed by atoms with van der Waals surface area (Å²) in [6.45, 7) is 3.08. The Labute approximate surface area is 258 Å². The van der Waals surface area contributed by atoms with E-state index in [1.54, 1.807) is 0 Å². The first kappa shape index (κ1) is 26.8. The van der Waals surface area contributed by atoms with Crippen LogP contribution in [0.15, 0.2) is 54.6 Å². The summed E-state index contributed by atoms with van der Waals surface area (Å²) in [5.74, 6) is 2.97. The number of hydrogen-bond donors (Lipinski definition) is 2. The molecular formula is C37H40N2O5. The van der Waals surface area contributed by atoms with Crippen molar-refractivity contribution in [1.82, 2.24) is 10.2 Å². The van der Waals surface area contributed by atoms with Gasteiger partial charge in [-0.1, -0.05) is 36.4 Å². The van der Waals surface area contributed by atoms with Crippen LogP contribution in [0, 0.1) is 11.8 Å². The Morgan fingerprint density at radius 3 is 2.66 bits per heavy atom. The van der Waals surface area contributed by atoms with Gasteiger partial charge in [0.1, 0.15) is 5.75 Å². The summed E-state index contributed by atoms with van der Waals surface area (Å²) in [6, 6.07) is 18.9.